The van der Waals surface area contributed by atoms with Crippen LogP contribution in [-0.4, -0.2) is 40.8 Å². The smallest absolute Gasteiger partial charge is 0.164 e. The van der Waals surface area contributed by atoms with Crippen LogP contribution >= 0.6 is 11.3 Å². The van der Waals surface area contributed by atoms with Crippen LogP contribution < -0.4 is 4.90 Å². The molecule has 28 heavy (non-hydrogen) atoms. The van der Waals surface area contributed by atoms with Crippen molar-refractivity contribution >= 4 is 27.4 Å². The Morgan fingerprint density at radius 2 is 1.93 bits per heavy atom. The predicted molar refractivity (Wildman–Crippen MR) is 114 cm³/mol. The van der Waals surface area contributed by atoms with Crippen molar-refractivity contribution < 1.29 is 4.74 Å². The van der Waals surface area contributed by atoms with Gasteiger partial charge in [-0.25, -0.2) is 9.97 Å². The highest BCUT2D eigenvalue weighted by molar-refractivity contribution is 7.22. The molecule has 4 aromatic rings. The van der Waals surface area contributed by atoms with Crippen molar-refractivity contribution in [2.75, 3.05) is 24.6 Å². The lowest BCUT2D eigenvalue weighted by Crippen LogP contribution is -2.41. The van der Waals surface area contributed by atoms with Gasteiger partial charge in [0.15, 0.2) is 5.82 Å². The van der Waals surface area contributed by atoms with Crippen molar-refractivity contribution in [3.63, 3.8) is 0 Å². The Morgan fingerprint density at radius 3 is 2.71 bits per heavy atom. The van der Waals surface area contributed by atoms with Gasteiger partial charge in [0.25, 0.3) is 0 Å². The molecule has 0 saturated carbocycles. The lowest BCUT2D eigenvalue weighted by molar-refractivity contribution is 0.0530. The van der Waals surface area contributed by atoms with Crippen molar-refractivity contribution in [2.24, 2.45) is 0 Å². The van der Waals surface area contributed by atoms with Crippen LogP contribution in [-0.2, 0) is 4.74 Å². The van der Waals surface area contributed by atoms with E-state index in [1.807, 2.05) is 24.4 Å². The molecular formula is C22H20N4OS. The summed E-state index contributed by atoms with van der Waals surface area (Å²) in [5.74, 6) is 1.70. The monoisotopic (exact) mass is 388 g/mol. The van der Waals surface area contributed by atoms with Crippen molar-refractivity contribution in [2.45, 2.75) is 13.0 Å². The maximum absolute atomic E-state index is 5.74. The third kappa shape index (κ3) is 3.25. The molecule has 0 radical (unpaired) electrons. The van der Waals surface area contributed by atoms with Crippen molar-refractivity contribution in [1.29, 1.82) is 0 Å². The average Bonchev–Trinajstić information content (AvgIpc) is 3.18. The molecule has 0 N–H and O–H groups in total. The third-order valence-electron chi connectivity index (χ3n) is 4.89. The van der Waals surface area contributed by atoms with E-state index in [0.717, 1.165) is 40.5 Å². The molecule has 0 bridgehead atoms. The summed E-state index contributed by atoms with van der Waals surface area (Å²) in [6.07, 6.45) is 3.77. The third-order valence-corrected chi connectivity index (χ3v) is 5.97. The van der Waals surface area contributed by atoms with Gasteiger partial charge in [-0.05, 0) is 30.7 Å². The molecule has 6 heteroatoms. The Balaban J connectivity index is 1.69. The van der Waals surface area contributed by atoms with E-state index in [2.05, 4.69) is 47.1 Å². The zero-order valence-corrected chi connectivity index (χ0v) is 16.4. The summed E-state index contributed by atoms with van der Waals surface area (Å²) in [6, 6.07) is 16.6. The molecule has 0 amide bonds. The van der Waals surface area contributed by atoms with Gasteiger partial charge < -0.3 is 9.64 Å². The fourth-order valence-corrected chi connectivity index (χ4v) is 4.56. The first kappa shape index (κ1) is 17.3. The van der Waals surface area contributed by atoms with Crippen LogP contribution in [0.5, 0.6) is 0 Å². The van der Waals surface area contributed by atoms with Crippen LogP contribution in [0.1, 0.15) is 6.92 Å². The molecular weight excluding hydrogens is 368 g/mol. The van der Waals surface area contributed by atoms with Gasteiger partial charge in [0.1, 0.15) is 10.6 Å². The van der Waals surface area contributed by atoms with Gasteiger partial charge in [-0.2, -0.15) is 0 Å². The quantitative estimate of drug-likeness (QED) is 0.511. The largest absolute Gasteiger partial charge is 0.375 e. The van der Waals surface area contributed by atoms with Crippen LogP contribution in [0.2, 0.25) is 0 Å². The van der Waals surface area contributed by atoms with E-state index < -0.39 is 0 Å². The Bertz CT molecular complexity index is 1100. The lowest BCUT2D eigenvalue weighted by atomic mass is 10.1. The van der Waals surface area contributed by atoms with E-state index in [-0.39, 0.29) is 6.10 Å². The summed E-state index contributed by atoms with van der Waals surface area (Å²) < 4.78 is 5.74. The molecule has 0 aliphatic carbocycles. The van der Waals surface area contributed by atoms with Crippen LogP contribution in [0.4, 0.5) is 5.82 Å². The van der Waals surface area contributed by atoms with Gasteiger partial charge >= 0.3 is 0 Å². The van der Waals surface area contributed by atoms with Gasteiger partial charge in [-0.1, -0.05) is 30.3 Å². The Hall–Kier alpha value is -2.83. The predicted octanol–water partition coefficient (Wildman–Crippen LogP) is 4.65. The van der Waals surface area contributed by atoms with E-state index in [0.29, 0.717) is 6.61 Å². The number of morpholine rings is 1. The van der Waals surface area contributed by atoms with Crippen molar-refractivity contribution in [1.82, 2.24) is 15.0 Å². The minimum Gasteiger partial charge on any atom is -0.375 e. The van der Waals surface area contributed by atoms with Gasteiger partial charge in [0.05, 0.1) is 18.1 Å². The van der Waals surface area contributed by atoms with Crippen molar-refractivity contribution in [3.05, 3.63) is 60.9 Å². The summed E-state index contributed by atoms with van der Waals surface area (Å²) in [6.45, 7) is 4.48. The zero-order valence-electron chi connectivity index (χ0n) is 15.6. The molecule has 3 aromatic heterocycles. The summed E-state index contributed by atoms with van der Waals surface area (Å²) >= 11 is 1.71. The normalized spacial score (nSPS) is 17.2. The van der Waals surface area contributed by atoms with E-state index in [9.17, 15) is 0 Å². The van der Waals surface area contributed by atoms with Crippen molar-refractivity contribution in [3.8, 4) is 21.8 Å². The molecule has 4 heterocycles. The van der Waals surface area contributed by atoms with Gasteiger partial charge in [0, 0.05) is 35.9 Å². The zero-order chi connectivity index (χ0) is 18.9. The fourth-order valence-electron chi connectivity index (χ4n) is 3.53. The number of aromatic nitrogens is 3. The number of nitrogens with zero attached hydrogens (tertiary/aromatic N) is 4. The molecule has 0 spiro atoms. The summed E-state index contributed by atoms with van der Waals surface area (Å²) in [4.78, 5) is 18.6. The topological polar surface area (TPSA) is 51.1 Å². The van der Waals surface area contributed by atoms with Crippen LogP contribution in [0.25, 0.3) is 32.0 Å². The van der Waals surface area contributed by atoms with Gasteiger partial charge in [-0.15, -0.1) is 11.3 Å². The van der Waals surface area contributed by atoms with Gasteiger partial charge in [-0.3, -0.25) is 4.98 Å². The molecule has 1 fully saturated rings. The summed E-state index contributed by atoms with van der Waals surface area (Å²) in [7, 11) is 0. The molecule has 140 valence electrons. The van der Waals surface area contributed by atoms with Crippen LogP contribution in [0, 0.1) is 0 Å². The first-order chi connectivity index (χ1) is 13.8. The lowest BCUT2D eigenvalue weighted by Gasteiger charge is -2.32. The second kappa shape index (κ2) is 7.30. The number of hydrogen-bond donors (Lipinski definition) is 0. The summed E-state index contributed by atoms with van der Waals surface area (Å²) in [5.41, 5.74) is 2.14. The van der Waals surface area contributed by atoms with Crippen LogP contribution in [0.3, 0.4) is 0 Å². The maximum atomic E-state index is 5.74. The number of pyridine rings is 1. The molecule has 1 atom stereocenters. The number of benzene rings is 1. The SMILES string of the molecule is C[C@H]1CN(c2nc(-c3cccnc3)nc3sc(-c4ccccc4)cc23)CCO1. The summed E-state index contributed by atoms with van der Waals surface area (Å²) in [5, 5.41) is 1.10. The van der Waals surface area contributed by atoms with Gasteiger partial charge in [0.2, 0.25) is 0 Å². The number of anilines is 1. The first-order valence-electron chi connectivity index (χ1n) is 9.42. The molecule has 0 unspecified atom stereocenters. The second-order valence-corrected chi connectivity index (χ2v) is 7.97. The number of rotatable bonds is 3. The highest BCUT2D eigenvalue weighted by atomic mass is 32.1. The van der Waals surface area contributed by atoms with E-state index in [1.165, 1.54) is 10.4 Å². The molecule has 1 saturated heterocycles. The standard InChI is InChI=1S/C22H20N4OS/c1-15-14-26(10-11-27-15)21-18-12-19(16-6-3-2-4-7-16)28-22(18)25-20(24-21)17-8-5-9-23-13-17/h2-9,12-13,15H,10-11,14H2,1H3/t15-/m0/s1. The first-order valence-corrected chi connectivity index (χ1v) is 10.2. The second-order valence-electron chi connectivity index (χ2n) is 6.94. The highest BCUT2D eigenvalue weighted by Crippen LogP contribution is 2.38. The molecule has 1 aromatic carbocycles. The fraction of sp³-hybridized carbons (Fsp3) is 0.227. The Kier molecular flexibility index (Phi) is 4.50. The minimum absolute atomic E-state index is 0.188. The van der Waals surface area contributed by atoms with E-state index in [1.54, 1.807) is 17.5 Å². The molecule has 1 aliphatic heterocycles. The molecule has 1 aliphatic rings. The number of fused-ring (bicyclic) bond motifs is 1. The van der Waals surface area contributed by atoms with E-state index in [4.69, 9.17) is 14.7 Å². The average molecular weight is 388 g/mol. The molecule has 5 rings (SSSR count). The number of thiophene rings is 1. The Labute approximate surface area is 167 Å². The van der Waals surface area contributed by atoms with Crippen LogP contribution in [0.15, 0.2) is 60.9 Å². The van der Waals surface area contributed by atoms with E-state index >= 15 is 0 Å². The molecule has 5 nitrogen and oxygen atoms in total. The highest BCUT2D eigenvalue weighted by Gasteiger charge is 2.23. The number of ether oxygens (including phenoxy) is 1. The maximum Gasteiger partial charge on any atom is 0.164 e. The Morgan fingerprint density at radius 1 is 1.07 bits per heavy atom. The number of hydrogen-bond acceptors (Lipinski definition) is 6. The minimum atomic E-state index is 0.188.